The van der Waals surface area contributed by atoms with Crippen molar-refractivity contribution in [1.82, 2.24) is 0 Å². The number of aliphatic hydroxyl groups is 2. The maximum Gasteiger partial charge on any atom is 0.309 e. The summed E-state index contributed by atoms with van der Waals surface area (Å²) in [6.07, 6.45) is 3.41. The van der Waals surface area contributed by atoms with Crippen LogP contribution in [0.2, 0.25) is 0 Å². The van der Waals surface area contributed by atoms with Gasteiger partial charge in [0.15, 0.2) is 5.78 Å². The predicted molar refractivity (Wildman–Crippen MR) is 92.8 cm³/mol. The Morgan fingerprint density at radius 2 is 1.92 bits per heavy atom. The molecule has 0 amide bonds. The lowest BCUT2D eigenvalue weighted by molar-refractivity contribution is -0.169. The van der Waals surface area contributed by atoms with E-state index in [-0.39, 0.29) is 35.4 Å². The Kier molecular flexibility index (Phi) is 4.20. The molecule has 2 saturated carbocycles. The average molecular weight is 350 g/mol. The zero-order chi connectivity index (χ0) is 18.8. The maximum absolute atomic E-state index is 12.9. The van der Waals surface area contributed by atoms with Crippen molar-refractivity contribution >= 4 is 11.8 Å². The quantitative estimate of drug-likeness (QED) is 0.711. The highest BCUT2D eigenvalue weighted by atomic mass is 16.4. The van der Waals surface area contributed by atoms with Crippen LogP contribution in [0.15, 0.2) is 11.6 Å². The van der Waals surface area contributed by atoms with E-state index in [2.05, 4.69) is 6.92 Å². The van der Waals surface area contributed by atoms with Crippen LogP contribution in [0.3, 0.4) is 0 Å². The van der Waals surface area contributed by atoms with Gasteiger partial charge in [0.05, 0.1) is 11.5 Å². The van der Waals surface area contributed by atoms with E-state index in [4.69, 9.17) is 0 Å². The molecule has 0 aromatic rings. The van der Waals surface area contributed by atoms with Crippen molar-refractivity contribution in [1.29, 1.82) is 0 Å². The van der Waals surface area contributed by atoms with Crippen molar-refractivity contribution in [2.45, 2.75) is 71.5 Å². The monoisotopic (exact) mass is 350 g/mol. The number of carbonyl (C=O) groups is 2. The molecule has 0 spiro atoms. The third-order valence-electron chi connectivity index (χ3n) is 7.65. The molecule has 3 rings (SSSR count). The summed E-state index contributed by atoms with van der Waals surface area (Å²) in [6, 6.07) is 0. The largest absolute Gasteiger partial charge is 0.481 e. The van der Waals surface area contributed by atoms with Crippen LogP contribution >= 0.6 is 0 Å². The normalized spacial score (nSPS) is 47.1. The molecule has 0 aromatic carbocycles. The molecule has 0 radical (unpaired) electrons. The number of ketones is 1. The lowest BCUT2D eigenvalue weighted by Crippen LogP contribution is -2.59. The molecule has 6 atom stereocenters. The number of hydrogen-bond donors (Lipinski definition) is 3. The molecular formula is C20H30O5. The number of allylic oxidation sites excluding steroid dienone is 1. The summed E-state index contributed by atoms with van der Waals surface area (Å²) in [6.45, 7) is 7.51. The molecule has 3 aliphatic carbocycles. The van der Waals surface area contributed by atoms with Crippen LogP contribution in [-0.4, -0.2) is 38.8 Å². The fraction of sp³-hybridized carbons (Fsp3) is 0.800. The average Bonchev–Trinajstić information content (AvgIpc) is 2.51. The molecule has 3 aliphatic rings. The number of aliphatic hydroxyl groups excluding tert-OH is 1. The van der Waals surface area contributed by atoms with Crippen LogP contribution in [0.5, 0.6) is 0 Å². The van der Waals surface area contributed by atoms with Crippen molar-refractivity contribution in [2.75, 3.05) is 0 Å². The minimum absolute atomic E-state index is 0.0622. The molecule has 0 bridgehead atoms. The highest BCUT2D eigenvalue weighted by Crippen LogP contribution is 2.62. The molecule has 3 N–H and O–H groups in total. The number of aliphatic carboxylic acids is 1. The molecule has 5 nitrogen and oxygen atoms in total. The molecule has 5 heteroatoms. The standard InChI is InChI=1S/C20H30O5/c1-11(2)20(25)10-12-13(8-16(20)22)18(3)6-5-7-19(4,17(23)24)15(18)9-14(12)21/h10-11,13,15-16,22,25H,5-9H2,1-4H3,(H,23,24)/t13-,15+,16-,18+,19+,20+/m0/s1. The summed E-state index contributed by atoms with van der Waals surface area (Å²) < 4.78 is 0. The van der Waals surface area contributed by atoms with E-state index in [1.165, 1.54) is 0 Å². The van der Waals surface area contributed by atoms with Gasteiger partial charge in [0, 0.05) is 6.42 Å². The van der Waals surface area contributed by atoms with Gasteiger partial charge in [0.1, 0.15) is 5.60 Å². The zero-order valence-corrected chi connectivity index (χ0v) is 15.6. The highest BCUT2D eigenvalue weighted by Gasteiger charge is 2.62. The van der Waals surface area contributed by atoms with Crippen LogP contribution in [-0.2, 0) is 9.59 Å². The van der Waals surface area contributed by atoms with E-state index in [1.807, 2.05) is 13.8 Å². The molecule has 0 aliphatic heterocycles. The Morgan fingerprint density at radius 1 is 1.28 bits per heavy atom. The van der Waals surface area contributed by atoms with E-state index in [1.54, 1.807) is 13.0 Å². The van der Waals surface area contributed by atoms with E-state index in [9.17, 15) is 24.9 Å². The van der Waals surface area contributed by atoms with Gasteiger partial charge in [-0.1, -0.05) is 27.2 Å². The number of hydrogen-bond acceptors (Lipinski definition) is 4. The molecule has 25 heavy (non-hydrogen) atoms. The third kappa shape index (κ3) is 2.42. The fourth-order valence-corrected chi connectivity index (χ4v) is 5.78. The number of Topliss-reactive ketones (excluding diaryl/α,β-unsaturated/α-hetero) is 1. The minimum atomic E-state index is -1.39. The molecule has 140 valence electrons. The van der Waals surface area contributed by atoms with Crippen LogP contribution in [0.1, 0.15) is 59.8 Å². The van der Waals surface area contributed by atoms with Gasteiger partial charge in [-0.25, -0.2) is 0 Å². The second-order valence-electron chi connectivity index (χ2n) is 9.21. The summed E-state index contributed by atoms with van der Waals surface area (Å²) >= 11 is 0. The maximum atomic E-state index is 12.9. The zero-order valence-electron chi connectivity index (χ0n) is 15.6. The molecular weight excluding hydrogens is 320 g/mol. The second-order valence-corrected chi connectivity index (χ2v) is 9.21. The third-order valence-corrected chi connectivity index (χ3v) is 7.65. The van der Waals surface area contributed by atoms with Gasteiger partial charge >= 0.3 is 5.97 Å². The summed E-state index contributed by atoms with van der Waals surface area (Å²) in [5.41, 5.74) is -2.04. The molecule has 2 fully saturated rings. The van der Waals surface area contributed by atoms with E-state index < -0.39 is 23.1 Å². The van der Waals surface area contributed by atoms with Gasteiger partial charge in [-0.3, -0.25) is 9.59 Å². The Bertz CT molecular complexity index is 638. The summed E-state index contributed by atoms with van der Waals surface area (Å²) in [7, 11) is 0. The van der Waals surface area contributed by atoms with Crippen molar-refractivity contribution in [2.24, 2.45) is 28.6 Å². The Balaban J connectivity index is 2.09. The van der Waals surface area contributed by atoms with E-state index >= 15 is 0 Å². The number of carbonyl (C=O) groups excluding carboxylic acids is 1. The first-order chi connectivity index (χ1) is 11.5. The SMILES string of the molecule is CC(C)[C@]1(O)C=C2C(=O)C[C@@H]3[C@](C)(CCC[C@@]3(C)C(=O)O)[C@H]2C[C@@H]1O. The van der Waals surface area contributed by atoms with Gasteiger partial charge in [-0.05, 0) is 61.0 Å². The lowest BCUT2D eigenvalue weighted by Gasteiger charge is -2.59. The van der Waals surface area contributed by atoms with Crippen molar-refractivity contribution in [3.05, 3.63) is 11.6 Å². The Morgan fingerprint density at radius 3 is 2.48 bits per heavy atom. The van der Waals surface area contributed by atoms with Crippen molar-refractivity contribution < 1.29 is 24.9 Å². The second kappa shape index (κ2) is 5.65. The molecule has 0 unspecified atom stereocenters. The van der Waals surface area contributed by atoms with Crippen LogP contribution in [0.4, 0.5) is 0 Å². The van der Waals surface area contributed by atoms with E-state index in [0.717, 1.165) is 12.8 Å². The first-order valence-electron chi connectivity index (χ1n) is 9.36. The first-order valence-corrected chi connectivity index (χ1v) is 9.36. The number of fused-ring (bicyclic) bond motifs is 3. The van der Waals surface area contributed by atoms with Crippen molar-refractivity contribution in [3.8, 4) is 0 Å². The predicted octanol–water partition coefficient (Wildman–Crippen LogP) is 2.55. The van der Waals surface area contributed by atoms with Gasteiger partial charge in [-0.2, -0.15) is 0 Å². The van der Waals surface area contributed by atoms with Gasteiger partial charge in [-0.15, -0.1) is 0 Å². The topological polar surface area (TPSA) is 94.8 Å². The van der Waals surface area contributed by atoms with Crippen LogP contribution in [0, 0.1) is 28.6 Å². The first kappa shape index (κ1) is 18.6. The smallest absolute Gasteiger partial charge is 0.309 e. The van der Waals surface area contributed by atoms with Crippen LogP contribution < -0.4 is 0 Å². The number of carboxylic acids is 1. The molecule has 0 aromatic heterocycles. The van der Waals surface area contributed by atoms with Crippen LogP contribution in [0.25, 0.3) is 0 Å². The van der Waals surface area contributed by atoms with Gasteiger partial charge in [0.2, 0.25) is 0 Å². The van der Waals surface area contributed by atoms with E-state index in [0.29, 0.717) is 18.4 Å². The molecule has 0 heterocycles. The lowest BCUT2D eigenvalue weighted by atomic mass is 9.45. The Hall–Kier alpha value is -1.20. The Labute approximate surface area is 149 Å². The number of rotatable bonds is 2. The highest BCUT2D eigenvalue weighted by molar-refractivity contribution is 5.98. The molecule has 0 saturated heterocycles. The summed E-state index contributed by atoms with van der Waals surface area (Å²) in [5.74, 6) is -1.53. The minimum Gasteiger partial charge on any atom is -0.481 e. The fourth-order valence-electron chi connectivity index (χ4n) is 5.78. The van der Waals surface area contributed by atoms with Crippen molar-refractivity contribution in [3.63, 3.8) is 0 Å². The van der Waals surface area contributed by atoms with Gasteiger partial charge < -0.3 is 15.3 Å². The summed E-state index contributed by atoms with van der Waals surface area (Å²) in [4.78, 5) is 24.9. The summed E-state index contributed by atoms with van der Waals surface area (Å²) in [5, 5.41) is 31.3. The van der Waals surface area contributed by atoms with Gasteiger partial charge in [0.25, 0.3) is 0 Å². The number of carboxylic acid groups (broad SMARTS) is 1.